The Bertz CT molecular complexity index is 391. The van der Waals surface area contributed by atoms with Gasteiger partial charge in [-0.1, -0.05) is 11.6 Å². The zero-order valence-corrected chi connectivity index (χ0v) is 7.65. The second kappa shape index (κ2) is 2.70. The van der Waals surface area contributed by atoms with Crippen LogP contribution in [0.1, 0.15) is 18.4 Å². The number of rotatable bonds is 0. The number of carbonyl (C=O) groups excluding carboxylic acids is 1. The number of carbonyl (C=O) groups is 1. The van der Waals surface area contributed by atoms with Crippen LogP contribution < -0.4 is 5.32 Å². The highest BCUT2D eigenvalue weighted by Gasteiger charge is 2.28. The maximum atomic E-state index is 12.9. The van der Waals surface area contributed by atoms with Crippen molar-refractivity contribution in [2.75, 3.05) is 5.32 Å². The van der Waals surface area contributed by atoms with Gasteiger partial charge in [-0.3, -0.25) is 4.79 Å². The van der Waals surface area contributed by atoms with E-state index in [9.17, 15) is 9.18 Å². The summed E-state index contributed by atoms with van der Waals surface area (Å²) >= 11 is 5.75. The van der Waals surface area contributed by atoms with Gasteiger partial charge in [0.25, 0.3) is 0 Å². The number of halogens is 2. The molecule has 2 nitrogen and oxygen atoms in total. The molecule has 1 aliphatic heterocycles. The molecular weight excluding hydrogens is 193 g/mol. The highest BCUT2D eigenvalue weighted by atomic mass is 35.5. The Morgan fingerprint density at radius 3 is 2.92 bits per heavy atom. The van der Waals surface area contributed by atoms with E-state index in [1.165, 1.54) is 12.1 Å². The van der Waals surface area contributed by atoms with Gasteiger partial charge >= 0.3 is 0 Å². The molecule has 1 heterocycles. The summed E-state index contributed by atoms with van der Waals surface area (Å²) < 4.78 is 12.9. The molecule has 68 valence electrons. The maximum absolute atomic E-state index is 12.9. The first-order valence-electron chi connectivity index (χ1n) is 3.89. The molecule has 0 aromatic heterocycles. The molecule has 0 bridgehead atoms. The molecule has 1 unspecified atom stereocenters. The quantitative estimate of drug-likeness (QED) is 0.684. The first-order valence-corrected chi connectivity index (χ1v) is 4.27. The molecule has 13 heavy (non-hydrogen) atoms. The van der Waals surface area contributed by atoms with E-state index in [0.717, 1.165) is 0 Å². The number of nitrogens with one attached hydrogen (secondary N) is 1. The van der Waals surface area contributed by atoms with Crippen LogP contribution in [-0.2, 0) is 4.79 Å². The molecule has 1 aromatic carbocycles. The van der Waals surface area contributed by atoms with Crippen molar-refractivity contribution in [3.05, 3.63) is 28.5 Å². The molecule has 1 amide bonds. The molecule has 1 aromatic rings. The van der Waals surface area contributed by atoms with Crippen LogP contribution in [0.15, 0.2) is 12.1 Å². The number of fused-ring (bicyclic) bond motifs is 1. The Kier molecular flexibility index (Phi) is 1.77. The Labute approximate surface area is 79.7 Å². The van der Waals surface area contributed by atoms with Crippen LogP contribution in [0.4, 0.5) is 10.1 Å². The van der Waals surface area contributed by atoms with Crippen molar-refractivity contribution in [2.45, 2.75) is 12.8 Å². The normalized spacial score (nSPS) is 19.9. The highest BCUT2D eigenvalue weighted by molar-refractivity contribution is 6.34. The van der Waals surface area contributed by atoms with E-state index in [1.807, 2.05) is 0 Å². The van der Waals surface area contributed by atoms with Gasteiger partial charge in [0.2, 0.25) is 5.91 Å². The van der Waals surface area contributed by atoms with Crippen LogP contribution in [0.2, 0.25) is 5.02 Å². The monoisotopic (exact) mass is 199 g/mol. The zero-order valence-electron chi connectivity index (χ0n) is 6.90. The summed E-state index contributed by atoms with van der Waals surface area (Å²) in [6.45, 7) is 1.72. The third-order valence-corrected chi connectivity index (χ3v) is 2.49. The van der Waals surface area contributed by atoms with Crippen molar-refractivity contribution in [2.24, 2.45) is 0 Å². The van der Waals surface area contributed by atoms with Crippen LogP contribution in [-0.4, -0.2) is 5.91 Å². The second-order valence-electron chi connectivity index (χ2n) is 3.06. The van der Waals surface area contributed by atoms with Gasteiger partial charge < -0.3 is 5.32 Å². The molecule has 1 N–H and O–H groups in total. The van der Waals surface area contributed by atoms with Gasteiger partial charge in [0.1, 0.15) is 5.82 Å². The Morgan fingerprint density at radius 2 is 2.23 bits per heavy atom. The third-order valence-electron chi connectivity index (χ3n) is 2.19. The molecule has 0 spiro atoms. The minimum atomic E-state index is -0.410. The lowest BCUT2D eigenvalue weighted by Gasteiger charge is -2.02. The average molecular weight is 200 g/mol. The fourth-order valence-electron chi connectivity index (χ4n) is 1.44. The summed E-state index contributed by atoms with van der Waals surface area (Å²) in [5.74, 6) is -0.863. The Hall–Kier alpha value is -1.09. The summed E-state index contributed by atoms with van der Waals surface area (Å²) in [6.07, 6.45) is 0. The minimum Gasteiger partial charge on any atom is -0.324 e. The second-order valence-corrected chi connectivity index (χ2v) is 3.47. The van der Waals surface area contributed by atoms with Crippen LogP contribution in [0.5, 0.6) is 0 Å². The average Bonchev–Trinajstić information content (AvgIpc) is 2.32. The maximum Gasteiger partial charge on any atom is 0.231 e. The fourth-order valence-corrected chi connectivity index (χ4v) is 1.70. The lowest BCUT2D eigenvalue weighted by Crippen LogP contribution is -2.08. The summed E-state index contributed by atoms with van der Waals surface area (Å²) in [5.41, 5.74) is 1.18. The molecule has 1 aliphatic rings. The van der Waals surface area contributed by atoms with E-state index in [4.69, 9.17) is 11.6 Å². The first kappa shape index (κ1) is 8.51. The number of anilines is 1. The van der Waals surface area contributed by atoms with E-state index in [2.05, 4.69) is 5.32 Å². The summed E-state index contributed by atoms with van der Waals surface area (Å²) in [7, 11) is 0. The molecule has 1 atom stereocenters. The molecule has 0 saturated carbocycles. The largest absolute Gasteiger partial charge is 0.324 e. The third kappa shape index (κ3) is 1.20. The van der Waals surface area contributed by atoms with Crippen molar-refractivity contribution in [1.82, 2.24) is 0 Å². The SMILES string of the molecule is CC1C(=O)Nc2c(Cl)cc(F)cc21. The van der Waals surface area contributed by atoms with Gasteiger partial charge in [-0.15, -0.1) is 0 Å². The fraction of sp³-hybridized carbons (Fsp3) is 0.222. The van der Waals surface area contributed by atoms with Crippen molar-refractivity contribution in [3.8, 4) is 0 Å². The summed E-state index contributed by atoms with van der Waals surface area (Å²) in [4.78, 5) is 11.2. The Morgan fingerprint density at radius 1 is 1.54 bits per heavy atom. The standard InChI is InChI=1S/C9H7ClFNO/c1-4-6-2-5(11)3-7(10)8(6)12-9(4)13/h2-4H,1H3,(H,12,13). The van der Waals surface area contributed by atoms with Crippen molar-refractivity contribution >= 4 is 23.2 Å². The van der Waals surface area contributed by atoms with Gasteiger partial charge in [0.15, 0.2) is 0 Å². The first-order chi connectivity index (χ1) is 6.09. The molecular formula is C9H7ClFNO. The molecule has 0 aliphatic carbocycles. The van der Waals surface area contributed by atoms with Crippen molar-refractivity contribution in [1.29, 1.82) is 0 Å². The number of benzene rings is 1. The van der Waals surface area contributed by atoms with E-state index < -0.39 is 5.82 Å². The molecule has 0 fully saturated rings. The topological polar surface area (TPSA) is 29.1 Å². The summed E-state index contributed by atoms with van der Waals surface area (Å²) in [6, 6.07) is 2.53. The molecule has 2 rings (SSSR count). The molecule has 0 saturated heterocycles. The highest BCUT2D eigenvalue weighted by Crippen LogP contribution is 2.37. The number of hydrogen-bond acceptors (Lipinski definition) is 1. The smallest absolute Gasteiger partial charge is 0.231 e. The van der Waals surface area contributed by atoms with Crippen LogP contribution >= 0.6 is 11.6 Å². The van der Waals surface area contributed by atoms with Crippen LogP contribution in [0.3, 0.4) is 0 Å². The molecule has 4 heteroatoms. The van der Waals surface area contributed by atoms with Crippen molar-refractivity contribution in [3.63, 3.8) is 0 Å². The lowest BCUT2D eigenvalue weighted by molar-refractivity contribution is -0.116. The van der Waals surface area contributed by atoms with Crippen molar-refractivity contribution < 1.29 is 9.18 Å². The van der Waals surface area contributed by atoms with Gasteiger partial charge in [0, 0.05) is 0 Å². The minimum absolute atomic E-state index is 0.137. The summed E-state index contributed by atoms with van der Waals surface area (Å²) in [5, 5.41) is 2.86. The van der Waals surface area contributed by atoms with Gasteiger partial charge in [-0.25, -0.2) is 4.39 Å². The van der Waals surface area contributed by atoms with Gasteiger partial charge in [-0.2, -0.15) is 0 Å². The predicted octanol–water partition coefficient (Wildman–Crippen LogP) is 2.53. The van der Waals surface area contributed by atoms with E-state index in [-0.39, 0.29) is 16.8 Å². The van der Waals surface area contributed by atoms with E-state index in [0.29, 0.717) is 11.3 Å². The predicted molar refractivity (Wildman–Crippen MR) is 48.5 cm³/mol. The number of amides is 1. The number of hydrogen-bond donors (Lipinski definition) is 1. The zero-order chi connectivity index (χ0) is 9.59. The molecule has 0 radical (unpaired) electrons. The Balaban J connectivity index is 2.63. The van der Waals surface area contributed by atoms with Gasteiger partial charge in [-0.05, 0) is 24.6 Å². The van der Waals surface area contributed by atoms with Gasteiger partial charge in [0.05, 0.1) is 16.6 Å². The van der Waals surface area contributed by atoms with E-state index in [1.54, 1.807) is 6.92 Å². The lowest BCUT2D eigenvalue weighted by atomic mass is 10.0. The van der Waals surface area contributed by atoms with Crippen LogP contribution in [0, 0.1) is 5.82 Å². The van der Waals surface area contributed by atoms with Crippen LogP contribution in [0.25, 0.3) is 0 Å². The van der Waals surface area contributed by atoms with E-state index >= 15 is 0 Å².